The van der Waals surface area contributed by atoms with E-state index in [4.69, 9.17) is 17.3 Å². The molecule has 1 saturated carbocycles. The lowest BCUT2D eigenvalue weighted by Gasteiger charge is -2.34. The molecule has 2 N–H and O–H groups in total. The number of carbonyl (C=O) groups excluding carboxylic acids is 1. The Kier molecular flexibility index (Phi) is 5.05. The molecule has 1 amide bonds. The van der Waals surface area contributed by atoms with Crippen LogP contribution in [0.4, 0.5) is 5.82 Å². The van der Waals surface area contributed by atoms with Crippen molar-refractivity contribution in [1.82, 2.24) is 19.8 Å². The molecule has 5 rings (SSSR count). The van der Waals surface area contributed by atoms with Crippen molar-refractivity contribution >= 4 is 34.2 Å². The molecule has 1 aliphatic carbocycles. The van der Waals surface area contributed by atoms with Crippen molar-refractivity contribution in [2.24, 2.45) is 5.92 Å². The summed E-state index contributed by atoms with van der Waals surface area (Å²) in [5.74, 6) is 1.83. The van der Waals surface area contributed by atoms with Gasteiger partial charge in [-0.15, -0.1) is 0 Å². The van der Waals surface area contributed by atoms with Crippen LogP contribution in [0.5, 0.6) is 0 Å². The van der Waals surface area contributed by atoms with Crippen LogP contribution in [0.1, 0.15) is 23.7 Å². The Bertz CT molecular complexity index is 1100. The van der Waals surface area contributed by atoms with Crippen molar-refractivity contribution in [3.63, 3.8) is 0 Å². The molecule has 1 aliphatic heterocycles. The molecule has 2 atom stereocenters. The van der Waals surface area contributed by atoms with Gasteiger partial charge in [0.25, 0.3) is 0 Å². The lowest BCUT2D eigenvalue weighted by atomic mass is 10.1. The molecule has 2 heterocycles. The smallest absolute Gasteiger partial charge is 0.226 e. The number of fused-ring (bicyclic) bond motifs is 1. The fourth-order valence-electron chi connectivity index (χ4n) is 4.37. The van der Waals surface area contributed by atoms with Gasteiger partial charge in [-0.25, -0.2) is 9.97 Å². The van der Waals surface area contributed by atoms with Crippen molar-refractivity contribution in [2.75, 3.05) is 31.9 Å². The minimum atomic E-state index is 0.0695. The standard InChI is InChI=1S/C23H24ClN5O/c24-19-7-3-1-5-15(19)17-13-18(17)23(30)29-11-9-28(10-12-29)14-21-26-20-8-4-2-6-16(20)22(25)27-21/h1-8,17-18H,9-14H2,(H2,25,26,27). The lowest BCUT2D eigenvalue weighted by molar-refractivity contribution is -0.134. The molecule has 1 saturated heterocycles. The Hall–Kier alpha value is -2.70. The van der Waals surface area contributed by atoms with Gasteiger partial charge in [0, 0.05) is 42.5 Å². The number of hydrogen-bond acceptors (Lipinski definition) is 5. The minimum absolute atomic E-state index is 0.0695. The number of halogens is 1. The molecule has 0 spiro atoms. The summed E-state index contributed by atoms with van der Waals surface area (Å²) in [5.41, 5.74) is 8.07. The number of aromatic nitrogens is 2. The third-order valence-corrected chi connectivity index (χ3v) is 6.48. The lowest BCUT2D eigenvalue weighted by Crippen LogP contribution is -2.49. The Morgan fingerprint density at radius 3 is 2.57 bits per heavy atom. The Balaban J connectivity index is 1.18. The molecule has 2 aliphatic rings. The number of nitrogens with two attached hydrogens (primary N) is 1. The van der Waals surface area contributed by atoms with Crippen LogP contribution in [0.3, 0.4) is 0 Å². The van der Waals surface area contributed by atoms with E-state index in [1.807, 2.05) is 53.4 Å². The van der Waals surface area contributed by atoms with Gasteiger partial charge in [0.05, 0.1) is 12.1 Å². The summed E-state index contributed by atoms with van der Waals surface area (Å²) in [6.07, 6.45) is 0.896. The second-order valence-electron chi connectivity index (χ2n) is 8.11. The molecule has 2 unspecified atom stereocenters. The molecular weight excluding hydrogens is 398 g/mol. The highest BCUT2D eigenvalue weighted by atomic mass is 35.5. The first-order valence-corrected chi connectivity index (χ1v) is 10.7. The van der Waals surface area contributed by atoms with E-state index >= 15 is 0 Å². The number of para-hydroxylation sites is 1. The van der Waals surface area contributed by atoms with Gasteiger partial charge >= 0.3 is 0 Å². The Morgan fingerprint density at radius 2 is 1.77 bits per heavy atom. The van der Waals surface area contributed by atoms with E-state index in [-0.39, 0.29) is 17.7 Å². The second kappa shape index (κ2) is 7.85. The minimum Gasteiger partial charge on any atom is -0.383 e. The van der Waals surface area contributed by atoms with Crippen molar-refractivity contribution in [2.45, 2.75) is 18.9 Å². The van der Waals surface area contributed by atoms with E-state index in [1.54, 1.807) is 0 Å². The molecule has 2 aromatic carbocycles. The molecule has 0 bridgehead atoms. The van der Waals surface area contributed by atoms with E-state index in [9.17, 15) is 4.79 Å². The van der Waals surface area contributed by atoms with Crippen molar-refractivity contribution < 1.29 is 4.79 Å². The number of nitrogens with zero attached hydrogens (tertiary/aromatic N) is 4. The van der Waals surface area contributed by atoms with Gasteiger partial charge < -0.3 is 10.6 Å². The summed E-state index contributed by atoms with van der Waals surface area (Å²) in [5, 5.41) is 1.64. The van der Waals surface area contributed by atoms with Crippen LogP contribution in [0.15, 0.2) is 48.5 Å². The first-order valence-electron chi connectivity index (χ1n) is 10.4. The molecule has 2 fully saturated rings. The van der Waals surface area contributed by atoms with Crippen LogP contribution >= 0.6 is 11.6 Å². The quantitative estimate of drug-likeness (QED) is 0.699. The summed E-state index contributed by atoms with van der Waals surface area (Å²) < 4.78 is 0. The maximum Gasteiger partial charge on any atom is 0.226 e. The second-order valence-corrected chi connectivity index (χ2v) is 8.52. The Labute approximate surface area is 180 Å². The van der Waals surface area contributed by atoms with Gasteiger partial charge in [0.2, 0.25) is 5.91 Å². The molecule has 154 valence electrons. The topological polar surface area (TPSA) is 75.3 Å². The number of nitrogen functional groups attached to an aromatic ring is 1. The largest absolute Gasteiger partial charge is 0.383 e. The number of rotatable bonds is 4. The van der Waals surface area contributed by atoms with E-state index in [2.05, 4.69) is 14.9 Å². The van der Waals surface area contributed by atoms with Gasteiger partial charge in [0.15, 0.2) is 0 Å². The average Bonchev–Trinajstić information content (AvgIpc) is 3.55. The number of benzene rings is 2. The third-order valence-electron chi connectivity index (χ3n) is 6.14. The molecule has 3 aromatic rings. The van der Waals surface area contributed by atoms with E-state index < -0.39 is 0 Å². The average molecular weight is 422 g/mol. The summed E-state index contributed by atoms with van der Waals surface area (Å²) >= 11 is 6.31. The molecule has 7 heteroatoms. The maximum atomic E-state index is 12.9. The number of amides is 1. The normalized spacial score (nSPS) is 21.7. The number of carbonyl (C=O) groups is 1. The SMILES string of the molecule is Nc1nc(CN2CCN(C(=O)C3CC3c3ccccc3Cl)CC2)nc2ccccc12. The van der Waals surface area contributed by atoms with E-state index in [0.29, 0.717) is 12.4 Å². The first-order chi connectivity index (χ1) is 14.6. The molecule has 6 nitrogen and oxygen atoms in total. The molecule has 1 aromatic heterocycles. The zero-order valence-corrected chi connectivity index (χ0v) is 17.4. The molecular formula is C23H24ClN5O. The maximum absolute atomic E-state index is 12.9. The number of hydrogen-bond donors (Lipinski definition) is 1. The summed E-state index contributed by atoms with van der Waals surface area (Å²) in [6.45, 7) is 3.72. The van der Waals surface area contributed by atoms with Crippen LogP contribution in [0.2, 0.25) is 5.02 Å². The number of piperazine rings is 1. The molecule has 0 radical (unpaired) electrons. The van der Waals surface area contributed by atoms with Gasteiger partial charge in [-0.05, 0) is 36.1 Å². The van der Waals surface area contributed by atoms with Crippen LogP contribution in [0.25, 0.3) is 10.9 Å². The van der Waals surface area contributed by atoms with Gasteiger partial charge in [-0.1, -0.05) is 41.9 Å². The van der Waals surface area contributed by atoms with Crippen LogP contribution < -0.4 is 5.73 Å². The van der Waals surface area contributed by atoms with Gasteiger partial charge in [-0.2, -0.15) is 0 Å². The Morgan fingerprint density at radius 1 is 1.03 bits per heavy atom. The predicted molar refractivity (Wildman–Crippen MR) is 118 cm³/mol. The van der Waals surface area contributed by atoms with E-state index in [1.165, 1.54) is 0 Å². The van der Waals surface area contributed by atoms with Crippen LogP contribution in [-0.4, -0.2) is 51.9 Å². The van der Waals surface area contributed by atoms with Crippen LogP contribution in [-0.2, 0) is 11.3 Å². The highest BCUT2D eigenvalue weighted by molar-refractivity contribution is 6.31. The summed E-state index contributed by atoms with van der Waals surface area (Å²) in [4.78, 5) is 26.3. The highest BCUT2D eigenvalue weighted by Gasteiger charge is 2.46. The van der Waals surface area contributed by atoms with Crippen molar-refractivity contribution in [3.05, 3.63) is 64.9 Å². The monoisotopic (exact) mass is 421 g/mol. The fraction of sp³-hybridized carbons (Fsp3) is 0.348. The van der Waals surface area contributed by atoms with Crippen LogP contribution in [0, 0.1) is 5.92 Å². The summed E-state index contributed by atoms with van der Waals surface area (Å²) in [6, 6.07) is 15.6. The number of anilines is 1. The first kappa shape index (κ1) is 19.3. The zero-order valence-electron chi connectivity index (χ0n) is 16.7. The van der Waals surface area contributed by atoms with Gasteiger partial charge in [-0.3, -0.25) is 9.69 Å². The third kappa shape index (κ3) is 3.73. The predicted octanol–water partition coefficient (Wildman–Crippen LogP) is 3.31. The highest BCUT2D eigenvalue weighted by Crippen LogP contribution is 2.50. The van der Waals surface area contributed by atoms with Gasteiger partial charge in [0.1, 0.15) is 11.6 Å². The van der Waals surface area contributed by atoms with Crippen molar-refractivity contribution in [1.29, 1.82) is 0 Å². The molecule has 30 heavy (non-hydrogen) atoms. The van der Waals surface area contributed by atoms with E-state index in [0.717, 1.165) is 59.9 Å². The zero-order chi connectivity index (χ0) is 20.7. The van der Waals surface area contributed by atoms with Crippen molar-refractivity contribution in [3.8, 4) is 0 Å². The summed E-state index contributed by atoms with van der Waals surface area (Å²) in [7, 11) is 0. The fourth-order valence-corrected chi connectivity index (χ4v) is 4.65.